The Morgan fingerprint density at radius 2 is 1.47 bits per heavy atom. The molecule has 2 N–H and O–H groups in total. The summed E-state index contributed by atoms with van der Waals surface area (Å²) >= 11 is 1.28. The van der Waals surface area contributed by atoms with Crippen LogP contribution in [0.3, 0.4) is 0 Å². The van der Waals surface area contributed by atoms with Crippen LogP contribution in [-0.2, 0) is 16.0 Å². The topological polar surface area (TPSA) is 88.9 Å². The zero-order chi connectivity index (χ0) is 25.7. The maximum absolute atomic E-state index is 12.9. The van der Waals surface area contributed by atoms with Gasteiger partial charge >= 0.3 is 0 Å². The number of rotatable bonds is 8. The average molecular weight is 500 g/mol. The summed E-state index contributed by atoms with van der Waals surface area (Å²) in [4.78, 5) is 25.6. The number of nitrogens with zero attached hydrogens (tertiary/aromatic N) is 3. The van der Waals surface area contributed by atoms with Gasteiger partial charge in [0.2, 0.25) is 11.8 Å². The first-order chi connectivity index (χ1) is 17.3. The minimum absolute atomic E-state index is 0.0461. The highest BCUT2D eigenvalue weighted by Gasteiger charge is 2.19. The second-order valence-electron chi connectivity index (χ2n) is 8.77. The Hall–Kier alpha value is -3.91. The molecule has 4 rings (SSSR count). The lowest BCUT2D eigenvalue weighted by Crippen LogP contribution is -2.18. The quantitative estimate of drug-likeness (QED) is 0.316. The molecule has 0 aliphatic rings. The van der Waals surface area contributed by atoms with Crippen molar-refractivity contribution in [3.63, 3.8) is 0 Å². The number of thioether (sulfide) groups is 1. The number of carbonyl (C=O) groups is 2. The van der Waals surface area contributed by atoms with Crippen LogP contribution < -0.4 is 10.6 Å². The van der Waals surface area contributed by atoms with Crippen molar-refractivity contribution in [2.45, 2.75) is 39.3 Å². The van der Waals surface area contributed by atoms with Crippen molar-refractivity contribution in [3.8, 4) is 5.69 Å². The zero-order valence-electron chi connectivity index (χ0n) is 20.8. The van der Waals surface area contributed by atoms with E-state index in [1.807, 2.05) is 99.0 Å². The van der Waals surface area contributed by atoms with E-state index in [0.717, 1.165) is 39.3 Å². The molecule has 0 atom stereocenters. The minimum Gasteiger partial charge on any atom is -0.325 e. The number of hydrogen-bond donors (Lipinski definition) is 2. The molecule has 0 fully saturated rings. The number of aryl methyl sites for hydroxylation is 4. The number of para-hydroxylation sites is 1. The molecule has 0 saturated carbocycles. The second-order valence-corrected chi connectivity index (χ2v) is 9.71. The van der Waals surface area contributed by atoms with Gasteiger partial charge in [0.15, 0.2) is 5.16 Å². The summed E-state index contributed by atoms with van der Waals surface area (Å²) in [6.07, 6.45) is 0.0461. The highest BCUT2D eigenvalue weighted by Crippen LogP contribution is 2.24. The molecule has 0 bridgehead atoms. The fourth-order valence-electron chi connectivity index (χ4n) is 3.82. The van der Waals surface area contributed by atoms with Gasteiger partial charge in [0, 0.05) is 17.1 Å². The van der Waals surface area contributed by atoms with Crippen molar-refractivity contribution in [2.75, 3.05) is 16.4 Å². The molecule has 3 aromatic carbocycles. The fourth-order valence-corrected chi connectivity index (χ4v) is 4.59. The predicted molar refractivity (Wildman–Crippen MR) is 145 cm³/mol. The van der Waals surface area contributed by atoms with Crippen LogP contribution in [-0.4, -0.2) is 32.3 Å². The number of anilines is 2. The Morgan fingerprint density at radius 3 is 2.22 bits per heavy atom. The van der Waals surface area contributed by atoms with Crippen LogP contribution in [0.25, 0.3) is 5.69 Å². The maximum Gasteiger partial charge on any atom is 0.234 e. The Balaban J connectivity index is 1.50. The van der Waals surface area contributed by atoms with Crippen LogP contribution in [0.1, 0.15) is 28.1 Å². The summed E-state index contributed by atoms with van der Waals surface area (Å²) in [5, 5.41) is 15.1. The van der Waals surface area contributed by atoms with E-state index in [1.165, 1.54) is 11.8 Å². The van der Waals surface area contributed by atoms with Crippen LogP contribution in [0, 0.1) is 27.7 Å². The predicted octanol–water partition coefficient (Wildman–Crippen LogP) is 5.41. The van der Waals surface area contributed by atoms with E-state index < -0.39 is 0 Å². The van der Waals surface area contributed by atoms with E-state index in [2.05, 4.69) is 20.8 Å². The third kappa shape index (κ3) is 6.20. The first kappa shape index (κ1) is 25.2. The second kappa shape index (κ2) is 11.2. The maximum atomic E-state index is 12.9. The van der Waals surface area contributed by atoms with E-state index in [0.29, 0.717) is 11.0 Å². The molecule has 0 aliphatic heterocycles. The zero-order valence-corrected chi connectivity index (χ0v) is 21.6. The van der Waals surface area contributed by atoms with Crippen molar-refractivity contribution in [1.82, 2.24) is 14.8 Å². The molecule has 184 valence electrons. The molecule has 0 spiro atoms. The number of nitrogens with one attached hydrogen (secondary N) is 2. The van der Waals surface area contributed by atoms with E-state index in [-0.39, 0.29) is 24.0 Å². The van der Waals surface area contributed by atoms with Crippen LogP contribution >= 0.6 is 11.8 Å². The third-order valence-corrected chi connectivity index (χ3v) is 6.62. The van der Waals surface area contributed by atoms with Crippen molar-refractivity contribution in [2.24, 2.45) is 0 Å². The molecule has 2 amide bonds. The number of hydrogen-bond acceptors (Lipinski definition) is 5. The largest absolute Gasteiger partial charge is 0.325 e. The number of carbonyl (C=O) groups excluding carboxylic acids is 2. The Morgan fingerprint density at radius 1 is 0.778 bits per heavy atom. The van der Waals surface area contributed by atoms with E-state index >= 15 is 0 Å². The van der Waals surface area contributed by atoms with Gasteiger partial charge in [-0.1, -0.05) is 59.8 Å². The Labute approximate surface area is 215 Å². The van der Waals surface area contributed by atoms with Gasteiger partial charge in [-0.2, -0.15) is 0 Å². The van der Waals surface area contributed by atoms with Crippen molar-refractivity contribution < 1.29 is 9.59 Å². The van der Waals surface area contributed by atoms with Gasteiger partial charge in [-0.05, 0) is 68.7 Å². The third-order valence-electron chi connectivity index (χ3n) is 5.69. The first-order valence-electron chi connectivity index (χ1n) is 11.7. The summed E-state index contributed by atoms with van der Waals surface area (Å²) in [7, 11) is 0. The van der Waals surface area contributed by atoms with E-state index in [1.54, 1.807) is 0 Å². The van der Waals surface area contributed by atoms with Gasteiger partial charge in [-0.3, -0.25) is 14.2 Å². The van der Waals surface area contributed by atoms with Gasteiger partial charge in [0.1, 0.15) is 5.82 Å². The summed E-state index contributed by atoms with van der Waals surface area (Å²) in [5.74, 6) is 0.342. The van der Waals surface area contributed by atoms with Gasteiger partial charge in [0.25, 0.3) is 0 Å². The summed E-state index contributed by atoms with van der Waals surface area (Å²) < 4.78 is 1.83. The smallest absolute Gasteiger partial charge is 0.234 e. The summed E-state index contributed by atoms with van der Waals surface area (Å²) in [6, 6.07) is 21.5. The minimum atomic E-state index is -0.184. The van der Waals surface area contributed by atoms with Gasteiger partial charge in [0.05, 0.1) is 12.2 Å². The molecule has 0 unspecified atom stereocenters. The molecule has 36 heavy (non-hydrogen) atoms. The van der Waals surface area contributed by atoms with Crippen LogP contribution in [0.2, 0.25) is 0 Å². The summed E-state index contributed by atoms with van der Waals surface area (Å²) in [5.41, 5.74) is 6.62. The van der Waals surface area contributed by atoms with Crippen molar-refractivity contribution in [3.05, 3.63) is 94.8 Å². The molecule has 0 radical (unpaired) electrons. The Kier molecular flexibility index (Phi) is 7.85. The van der Waals surface area contributed by atoms with Gasteiger partial charge < -0.3 is 10.6 Å². The average Bonchev–Trinajstić information content (AvgIpc) is 3.24. The normalized spacial score (nSPS) is 10.8. The van der Waals surface area contributed by atoms with E-state index in [9.17, 15) is 9.59 Å². The molecule has 7 nitrogen and oxygen atoms in total. The molecule has 1 aromatic heterocycles. The summed E-state index contributed by atoms with van der Waals surface area (Å²) in [6.45, 7) is 7.93. The highest BCUT2D eigenvalue weighted by atomic mass is 32.2. The molecule has 1 heterocycles. The van der Waals surface area contributed by atoms with Crippen LogP contribution in [0.4, 0.5) is 11.4 Å². The fraction of sp³-hybridized carbons (Fsp3) is 0.214. The molecular formula is C28H29N5O2S. The SMILES string of the molecule is Cc1ccc(NC(=O)Cc2nnc(SCC(=O)Nc3cc(C)ccc3C)n2-c2ccccc2)c(C)c1. The van der Waals surface area contributed by atoms with Crippen LogP contribution in [0.5, 0.6) is 0 Å². The molecule has 0 saturated heterocycles. The first-order valence-corrected chi connectivity index (χ1v) is 12.7. The lowest BCUT2D eigenvalue weighted by Gasteiger charge is -2.12. The number of aromatic nitrogens is 3. The highest BCUT2D eigenvalue weighted by molar-refractivity contribution is 7.99. The molecule has 4 aromatic rings. The number of benzene rings is 3. The van der Waals surface area contributed by atoms with E-state index in [4.69, 9.17) is 0 Å². The monoisotopic (exact) mass is 499 g/mol. The van der Waals surface area contributed by atoms with Crippen molar-refractivity contribution >= 4 is 35.0 Å². The van der Waals surface area contributed by atoms with Gasteiger partial charge in [-0.25, -0.2) is 0 Å². The lowest BCUT2D eigenvalue weighted by atomic mass is 10.1. The Bertz CT molecular complexity index is 1400. The molecule has 0 aliphatic carbocycles. The molecule has 8 heteroatoms. The molecular weight excluding hydrogens is 470 g/mol. The number of amides is 2. The van der Waals surface area contributed by atoms with Crippen LogP contribution in [0.15, 0.2) is 71.9 Å². The van der Waals surface area contributed by atoms with Gasteiger partial charge in [-0.15, -0.1) is 10.2 Å². The van der Waals surface area contributed by atoms with Crippen molar-refractivity contribution in [1.29, 1.82) is 0 Å². The lowest BCUT2D eigenvalue weighted by molar-refractivity contribution is -0.116. The standard InChI is InChI=1S/C28H29N5O2S/c1-18-11-13-23(21(4)14-18)29-26(34)16-25-31-32-28(33(25)22-8-6-5-7-9-22)36-17-27(35)30-24-15-19(2)10-12-20(24)3/h5-15H,16-17H2,1-4H3,(H,29,34)(H,30,35).